The van der Waals surface area contributed by atoms with E-state index in [1.54, 1.807) is 0 Å². The molecule has 1 atom stereocenters. The molecule has 0 amide bonds. The quantitative estimate of drug-likeness (QED) is 0.864. The second-order valence-electron chi connectivity index (χ2n) is 5.29. The minimum atomic E-state index is -0.0610. The van der Waals surface area contributed by atoms with Gasteiger partial charge in [-0.15, -0.1) is 0 Å². The van der Waals surface area contributed by atoms with E-state index in [1.165, 1.54) is 30.4 Å². The molecule has 0 aliphatic heterocycles. The van der Waals surface area contributed by atoms with Gasteiger partial charge in [0, 0.05) is 5.02 Å². The largest absolute Gasteiger partial charge is 0.320 e. The van der Waals surface area contributed by atoms with E-state index in [0.29, 0.717) is 5.92 Å². The van der Waals surface area contributed by atoms with Crippen molar-refractivity contribution >= 4 is 11.6 Å². The number of hydrogen-bond donors (Lipinski definition) is 1. The fraction of sp³-hybridized carbons (Fsp3) is 0.294. The molecule has 2 N–H and O–H groups in total. The van der Waals surface area contributed by atoms with E-state index >= 15 is 0 Å². The van der Waals surface area contributed by atoms with Gasteiger partial charge in [0.1, 0.15) is 0 Å². The molecule has 98 valence electrons. The van der Waals surface area contributed by atoms with Gasteiger partial charge in [0.05, 0.1) is 6.04 Å². The lowest BCUT2D eigenvalue weighted by Gasteiger charge is -2.29. The normalized spacial score (nSPS) is 16.9. The summed E-state index contributed by atoms with van der Waals surface area (Å²) < 4.78 is 0. The summed E-state index contributed by atoms with van der Waals surface area (Å²) in [5.74, 6) is 0.703. The van der Waals surface area contributed by atoms with Gasteiger partial charge in [-0.05, 0) is 47.6 Å². The van der Waals surface area contributed by atoms with Crippen molar-refractivity contribution in [2.45, 2.75) is 31.2 Å². The van der Waals surface area contributed by atoms with Crippen LogP contribution in [0.2, 0.25) is 5.02 Å². The Labute approximate surface area is 119 Å². The molecule has 0 saturated heterocycles. The molecule has 19 heavy (non-hydrogen) atoms. The van der Waals surface area contributed by atoms with Crippen LogP contribution in [0, 0.1) is 0 Å². The van der Waals surface area contributed by atoms with Crippen LogP contribution in [0.1, 0.15) is 47.9 Å². The summed E-state index contributed by atoms with van der Waals surface area (Å²) >= 11 is 5.93. The Balaban J connectivity index is 1.94. The van der Waals surface area contributed by atoms with Crippen molar-refractivity contribution in [3.05, 3.63) is 70.2 Å². The van der Waals surface area contributed by atoms with Crippen LogP contribution in [-0.4, -0.2) is 0 Å². The van der Waals surface area contributed by atoms with E-state index in [9.17, 15) is 0 Å². The van der Waals surface area contributed by atoms with Crippen LogP contribution in [-0.2, 0) is 0 Å². The van der Waals surface area contributed by atoms with Crippen molar-refractivity contribution in [1.29, 1.82) is 0 Å². The van der Waals surface area contributed by atoms with E-state index in [4.69, 9.17) is 17.3 Å². The maximum Gasteiger partial charge on any atom is 0.0554 e. The number of benzene rings is 2. The third-order valence-corrected chi connectivity index (χ3v) is 4.36. The highest BCUT2D eigenvalue weighted by atomic mass is 35.5. The maximum absolute atomic E-state index is 6.44. The summed E-state index contributed by atoms with van der Waals surface area (Å²) in [5.41, 5.74) is 10.2. The topological polar surface area (TPSA) is 26.0 Å². The van der Waals surface area contributed by atoms with Crippen molar-refractivity contribution in [2.75, 3.05) is 0 Å². The Bertz CT molecular complexity index is 558. The van der Waals surface area contributed by atoms with Crippen LogP contribution in [0.5, 0.6) is 0 Å². The predicted molar refractivity (Wildman–Crippen MR) is 80.5 cm³/mol. The molecule has 0 radical (unpaired) electrons. The highest BCUT2D eigenvalue weighted by Gasteiger charge is 2.24. The average molecular weight is 272 g/mol. The first-order valence-electron chi connectivity index (χ1n) is 6.85. The second-order valence-corrected chi connectivity index (χ2v) is 5.72. The number of halogens is 1. The molecule has 1 saturated carbocycles. The number of hydrogen-bond acceptors (Lipinski definition) is 1. The molecule has 1 fully saturated rings. The van der Waals surface area contributed by atoms with Crippen LogP contribution in [0.4, 0.5) is 0 Å². The van der Waals surface area contributed by atoms with E-state index in [0.717, 1.165) is 10.6 Å². The van der Waals surface area contributed by atoms with E-state index in [1.807, 2.05) is 24.3 Å². The molecule has 0 bridgehead atoms. The van der Waals surface area contributed by atoms with Crippen molar-refractivity contribution in [2.24, 2.45) is 5.73 Å². The highest BCUT2D eigenvalue weighted by Crippen LogP contribution is 2.40. The van der Waals surface area contributed by atoms with E-state index in [-0.39, 0.29) is 6.04 Å². The molecule has 1 unspecified atom stereocenters. The molecule has 1 aliphatic carbocycles. The summed E-state index contributed by atoms with van der Waals surface area (Å²) in [6.07, 6.45) is 3.93. The van der Waals surface area contributed by atoms with Gasteiger partial charge in [-0.1, -0.05) is 54.4 Å². The molecule has 2 heteroatoms. The first kappa shape index (κ1) is 12.7. The van der Waals surface area contributed by atoms with Crippen molar-refractivity contribution < 1.29 is 0 Å². The summed E-state index contributed by atoms with van der Waals surface area (Å²) in [6.45, 7) is 0. The van der Waals surface area contributed by atoms with E-state index < -0.39 is 0 Å². The standard InChI is InChI=1S/C17H18ClN/c18-14-10-8-13(9-11-14)17(19)16-7-2-1-6-15(16)12-4-3-5-12/h1-2,6-12,17H,3-5,19H2. The third kappa shape index (κ3) is 2.54. The van der Waals surface area contributed by atoms with Crippen LogP contribution in [0.25, 0.3) is 0 Å². The summed E-state index contributed by atoms with van der Waals surface area (Å²) in [4.78, 5) is 0. The second kappa shape index (κ2) is 5.36. The molecule has 1 nitrogen and oxygen atoms in total. The minimum absolute atomic E-state index is 0.0610. The molecule has 2 aromatic carbocycles. The fourth-order valence-electron chi connectivity index (χ4n) is 2.73. The van der Waals surface area contributed by atoms with Gasteiger partial charge in [-0.25, -0.2) is 0 Å². The maximum atomic E-state index is 6.44. The van der Waals surface area contributed by atoms with Crippen molar-refractivity contribution in [1.82, 2.24) is 0 Å². The van der Waals surface area contributed by atoms with E-state index in [2.05, 4.69) is 24.3 Å². The fourth-order valence-corrected chi connectivity index (χ4v) is 2.86. The van der Waals surface area contributed by atoms with Gasteiger partial charge < -0.3 is 5.73 Å². The zero-order valence-electron chi connectivity index (χ0n) is 10.9. The lowest BCUT2D eigenvalue weighted by atomic mass is 9.76. The Morgan fingerprint density at radius 2 is 1.68 bits per heavy atom. The SMILES string of the molecule is NC(c1ccc(Cl)cc1)c1ccccc1C1CCC1. The molecule has 0 spiro atoms. The smallest absolute Gasteiger partial charge is 0.0554 e. The van der Waals surface area contributed by atoms with Crippen LogP contribution >= 0.6 is 11.6 Å². The lowest BCUT2D eigenvalue weighted by Crippen LogP contribution is -2.18. The molecular formula is C17H18ClN. The Hall–Kier alpha value is -1.31. The first-order chi connectivity index (χ1) is 9.25. The van der Waals surface area contributed by atoms with Crippen molar-refractivity contribution in [3.8, 4) is 0 Å². The van der Waals surface area contributed by atoms with Gasteiger partial charge in [-0.3, -0.25) is 0 Å². The van der Waals surface area contributed by atoms with Crippen molar-refractivity contribution in [3.63, 3.8) is 0 Å². The van der Waals surface area contributed by atoms with Crippen LogP contribution < -0.4 is 5.73 Å². The summed E-state index contributed by atoms with van der Waals surface area (Å²) in [6, 6.07) is 16.4. The number of nitrogens with two attached hydrogens (primary N) is 1. The summed E-state index contributed by atoms with van der Waals surface area (Å²) in [7, 11) is 0. The minimum Gasteiger partial charge on any atom is -0.320 e. The zero-order chi connectivity index (χ0) is 13.2. The molecule has 0 heterocycles. The molecular weight excluding hydrogens is 254 g/mol. The van der Waals surface area contributed by atoms with Gasteiger partial charge in [0.15, 0.2) is 0 Å². The highest BCUT2D eigenvalue weighted by molar-refractivity contribution is 6.30. The first-order valence-corrected chi connectivity index (χ1v) is 7.23. The van der Waals surface area contributed by atoms with Gasteiger partial charge in [0.2, 0.25) is 0 Å². The Morgan fingerprint density at radius 1 is 1.00 bits per heavy atom. The monoisotopic (exact) mass is 271 g/mol. The predicted octanol–water partition coefficient (Wildman–Crippen LogP) is 4.66. The molecule has 3 rings (SSSR count). The summed E-state index contributed by atoms with van der Waals surface area (Å²) in [5, 5.41) is 0.753. The van der Waals surface area contributed by atoms with Gasteiger partial charge in [0.25, 0.3) is 0 Å². The van der Waals surface area contributed by atoms with Gasteiger partial charge >= 0.3 is 0 Å². The lowest BCUT2D eigenvalue weighted by molar-refractivity contribution is 0.416. The van der Waals surface area contributed by atoms with Crippen LogP contribution in [0.3, 0.4) is 0 Å². The third-order valence-electron chi connectivity index (χ3n) is 4.11. The van der Waals surface area contributed by atoms with Crippen LogP contribution in [0.15, 0.2) is 48.5 Å². The Morgan fingerprint density at radius 3 is 2.32 bits per heavy atom. The molecule has 0 aromatic heterocycles. The zero-order valence-corrected chi connectivity index (χ0v) is 11.6. The Kier molecular flexibility index (Phi) is 3.58. The molecule has 2 aromatic rings. The van der Waals surface area contributed by atoms with Gasteiger partial charge in [-0.2, -0.15) is 0 Å². The average Bonchev–Trinajstić information content (AvgIpc) is 2.37. The molecule has 1 aliphatic rings. The number of rotatable bonds is 3.